The molecule has 82 valence electrons. The summed E-state index contributed by atoms with van der Waals surface area (Å²) >= 11 is 5.74. The summed E-state index contributed by atoms with van der Waals surface area (Å²) < 4.78 is 0. The van der Waals surface area contributed by atoms with Crippen LogP contribution in [-0.4, -0.2) is 41.4 Å². The summed E-state index contributed by atoms with van der Waals surface area (Å²) in [6.07, 6.45) is 0. The van der Waals surface area contributed by atoms with Crippen molar-refractivity contribution in [2.45, 2.75) is 6.92 Å². The molecule has 6 heteroatoms. The fourth-order valence-corrected chi connectivity index (χ4v) is 1.17. The molecule has 0 saturated heterocycles. The van der Waals surface area contributed by atoms with Gasteiger partial charge in [0.15, 0.2) is 0 Å². The van der Waals surface area contributed by atoms with Gasteiger partial charge in [0.2, 0.25) is 5.91 Å². The van der Waals surface area contributed by atoms with Crippen LogP contribution in [0, 0.1) is 6.92 Å². The molecule has 0 bridgehead atoms. The highest BCUT2D eigenvalue weighted by atomic mass is 35.5. The summed E-state index contributed by atoms with van der Waals surface area (Å²) in [6, 6.07) is 1.58. The molecule has 1 aromatic heterocycles. The van der Waals surface area contributed by atoms with Gasteiger partial charge in [-0.2, -0.15) is 0 Å². The second-order valence-corrected chi connectivity index (χ2v) is 3.65. The van der Waals surface area contributed by atoms with Crippen molar-refractivity contribution in [2.75, 3.05) is 26.0 Å². The third-order valence-corrected chi connectivity index (χ3v) is 1.92. The smallest absolute Gasteiger partial charge is 0.241 e. The van der Waals surface area contributed by atoms with Crippen LogP contribution in [0.2, 0.25) is 5.15 Å². The highest BCUT2D eigenvalue weighted by Gasteiger charge is 2.05. The van der Waals surface area contributed by atoms with Crippen LogP contribution in [0.5, 0.6) is 0 Å². The second-order valence-electron chi connectivity index (χ2n) is 3.26. The minimum absolute atomic E-state index is 0.0256. The van der Waals surface area contributed by atoms with E-state index in [0.717, 1.165) is 0 Å². The molecule has 1 heterocycles. The number of aromatic nitrogens is 2. The zero-order chi connectivity index (χ0) is 11.4. The van der Waals surface area contributed by atoms with E-state index in [1.54, 1.807) is 27.1 Å². The third-order valence-electron chi connectivity index (χ3n) is 1.73. The van der Waals surface area contributed by atoms with Crippen molar-refractivity contribution < 1.29 is 4.79 Å². The van der Waals surface area contributed by atoms with Gasteiger partial charge in [-0.05, 0) is 6.92 Å². The molecule has 15 heavy (non-hydrogen) atoms. The largest absolute Gasteiger partial charge is 0.361 e. The van der Waals surface area contributed by atoms with E-state index in [2.05, 4.69) is 15.3 Å². The first-order chi connectivity index (χ1) is 6.99. The van der Waals surface area contributed by atoms with Crippen molar-refractivity contribution >= 4 is 23.3 Å². The summed E-state index contributed by atoms with van der Waals surface area (Å²) in [5.74, 6) is 1.10. The molecular formula is C9H13ClN4O. The summed E-state index contributed by atoms with van der Waals surface area (Å²) in [6.45, 7) is 1.94. The molecule has 5 nitrogen and oxygen atoms in total. The summed E-state index contributed by atoms with van der Waals surface area (Å²) in [5, 5.41) is 3.24. The Labute approximate surface area is 93.5 Å². The number of hydrogen-bond acceptors (Lipinski definition) is 4. The third kappa shape index (κ3) is 3.71. The molecule has 0 atom stereocenters. The molecule has 0 aliphatic rings. The van der Waals surface area contributed by atoms with E-state index in [-0.39, 0.29) is 12.5 Å². The average molecular weight is 229 g/mol. The van der Waals surface area contributed by atoms with Gasteiger partial charge in [0.1, 0.15) is 16.8 Å². The van der Waals surface area contributed by atoms with E-state index in [1.165, 1.54) is 4.90 Å². The molecule has 1 N–H and O–H groups in total. The van der Waals surface area contributed by atoms with Crippen molar-refractivity contribution in [2.24, 2.45) is 0 Å². The molecule has 0 saturated carbocycles. The van der Waals surface area contributed by atoms with Gasteiger partial charge in [-0.15, -0.1) is 0 Å². The van der Waals surface area contributed by atoms with Crippen molar-refractivity contribution in [3.8, 4) is 0 Å². The van der Waals surface area contributed by atoms with Gasteiger partial charge < -0.3 is 10.2 Å². The number of nitrogens with one attached hydrogen (secondary N) is 1. The SMILES string of the molecule is Cc1nc(Cl)cc(NCC(=O)N(C)C)n1. The van der Waals surface area contributed by atoms with Gasteiger partial charge >= 0.3 is 0 Å². The Morgan fingerprint density at radius 1 is 1.53 bits per heavy atom. The van der Waals surface area contributed by atoms with Crippen LogP contribution in [0.3, 0.4) is 0 Å². The monoisotopic (exact) mass is 228 g/mol. The maximum Gasteiger partial charge on any atom is 0.241 e. The van der Waals surface area contributed by atoms with E-state index >= 15 is 0 Å². The molecule has 0 aromatic carbocycles. The molecule has 0 radical (unpaired) electrons. The van der Waals surface area contributed by atoms with E-state index in [4.69, 9.17) is 11.6 Å². The number of halogens is 1. The number of likely N-dealkylation sites (N-methyl/N-ethyl adjacent to an activating group) is 1. The summed E-state index contributed by atoms with van der Waals surface area (Å²) in [7, 11) is 3.39. The fraction of sp³-hybridized carbons (Fsp3) is 0.444. The number of hydrogen-bond donors (Lipinski definition) is 1. The predicted octanol–water partition coefficient (Wildman–Crippen LogP) is 0.939. The Morgan fingerprint density at radius 3 is 2.73 bits per heavy atom. The molecule has 1 amide bonds. The minimum Gasteiger partial charge on any atom is -0.361 e. The first-order valence-corrected chi connectivity index (χ1v) is 4.82. The lowest BCUT2D eigenvalue weighted by Crippen LogP contribution is -2.28. The van der Waals surface area contributed by atoms with E-state index in [0.29, 0.717) is 16.8 Å². The molecule has 1 aromatic rings. The molecule has 0 aliphatic carbocycles. The van der Waals surface area contributed by atoms with E-state index < -0.39 is 0 Å². The van der Waals surface area contributed by atoms with Gasteiger partial charge in [-0.3, -0.25) is 4.79 Å². The summed E-state index contributed by atoms with van der Waals surface area (Å²) in [4.78, 5) is 20.8. The van der Waals surface area contributed by atoms with Crippen molar-refractivity contribution in [3.63, 3.8) is 0 Å². The van der Waals surface area contributed by atoms with E-state index in [9.17, 15) is 4.79 Å². The lowest BCUT2D eigenvalue weighted by molar-refractivity contribution is -0.126. The van der Waals surface area contributed by atoms with Gasteiger partial charge in [-0.1, -0.05) is 11.6 Å². The number of aryl methyl sites for hydroxylation is 1. The van der Waals surface area contributed by atoms with Crippen molar-refractivity contribution in [3.05, 3.63) is 17.0 Å². The zero-order valence-corrected chi connectivity index (χ0v) is 9.67. The Bertz CT molecular complexity index is 347. The highest BCUT2D eigenvalue weighted by Crippen LogP contribution is 2.10. The lowest BCUT2D eigenvalue weighted by Gasteiger charge is -2.11. The first-order valence-electron chi connectivity index (χ1n) is 4.44. The number of rotatable bonds is 3. The van der Waals surface area contributed by atoms with Crippen molar-refractivity contribution in [1.29, 1.82) is 0 Å². The fourth-order valence-electron chi connectivity index (χ4n) is 0.946. The average Bonchev–Trinajstić information content (AvgIpc) is 2.12. The van der Waals surface area contributed by atoms with E-state index in [1.807, 2.05) is 0 Å². The van der Waals surface area contributed by atoms with Crippen LogP contribution in [0.25, 0.3) is 0 Å². The molecular weight excluding hydrogens is 216 g/mol. The Hall–Kier alpha value is -1.36. The second kappa shape index (κ2) is 4.93. The molecule has 0 fully saturated rings. The van der Waals surface area contributed by atoms with Crippen LogP contribution < -0.4 is 5.32 Å². The van der Waals surface area contributed by atoms with Crippen LogP contribution in [-0.2, 0) is 4.79 Å². The number of nitrogens with zero attached hydrogens (tertiary/aromatic N) is 3. The minimum atomic E-state index is -0.0256. The number of carbonyl (C=O) groups excluding carboxylic acids is 1. The Kier molecular flexibility index (Phi) is 3.85. The van der Waals surface area contributed by atoms with Crippen LogP contribution in [0.1, 0.15) is 5.82 Å². The first kappa shape index (κ1) is 11.7. The summed E-state index contributed by atoms with van der Waals surface area (Å²) in [5.41, 5.74) is 0. The molecule has 0 unspecified atom stereocenters. The Morgan fingerprint density at radius 2 is 2.20 bits per heavy atom. The molecule has 1 rings (SSSR count). The zero-order valence-electron chi connectivity index (χ0n) is 8.91. The topological polar surface area (TPSA) is 58.1 Å². The van der Waals surface area contributed by atoms with Gasteiger partial charge in [0, 0.05) is 20.2 Å². The quantitative estimate of drug-likeness (QED) is 0.783. The molecule has 0 aliphatic heterocycles. The maximum absolute atomic E-state index is 11.3. The van der Waals surface area contributed by atoms with Gasteiger partial charge in [0.25, 0.3) is 0 Å². The Balaban J connectivity index is 2.61. The predicted molar refractivity (Wildman–Crippen MR) is 59.0 cm³/mol. The number of anilines is 1. The molecule has 0 spiro atoms. The van der Waals surface area contributed by atoms with Crippen LogP contribution in [0.15, 0.2) is 6.07 Å². The number of amides is 1. The lowest BCUT2D eigenvalue weighted by atomic mass is 10.5. The standard InChI is InChI=1S/C9H13ClN4O/c1-6-12-7(10)4-8(13-6)11-5-9(15)14(2)3/h4H,5H2,1-3H3,(H,11,12,13). The normalized spacial score (nSPS) is 9.87. The maximum atomic E-state index is 11.3. The van der Waals surface area contributed by atoms with Gasteiger partial charge in [-0.25, -0.2) is 9.97 Å². The highest BCUT2D eigenvalue weighted by molar-refractivity contribution is 6.29. The number of carbonyl (C=O) groups is 1. The van der Waals surface area contributed by atoms with Crippen LogP contribution in [0.4, 0.5) is 5.82 Å². The van der Waals surface area contributed by atoms with Crippen LogP contribution >= 0.6 is 11.6 Å². The van der Waals surface area contributed by atoms with Crippen molar-refractivity contribution in [1.82, 2.24) is 14.9 Å². The van der Waals surface area contributed by atoms with Gasteiger partial charge in [0.05, 0.1) is 6.54 Å².